The van der Waals surface area contributed by atoms with Crippen LogP contribution in [0.15, 0.2) is 103 Å². The summed E-state index contributed by atoms with van der Waals surface area (Å²) in [5.74, 6) is -0.904. The molecule has 1 aliphatic rings. The number of hydrogen-bond donors (Lipinski definition) is 4. The van der Waals surface area contributed by atoms with Crippen molar-refractivity contribution in [2.24, 2.45) is 5.92 Å². The third-order valence-electron chi connectivity index (χ3n) is 8.37. The molecule has 0 bridgehead atoms. The molecule has 218 valence electrons. The SMILES string of the molecule is O=C(Cc1ccccc1)N[C@H](Cc1ccc2ccccc2c1)NC(=O)[C@@H]1CCCC[C@@H]1NC(=O)c1c[nH]c2ccccc12. The third kappa shape index (κ3) is 6.78. The molecule has 7 heteroatoms. The van der Waals surface area contributed by atoms with Gasteiger partial charge >= 0.3 is 0 Å². The number of fused-ring (bicyclic) bond motifs is 2. The lowest BCUT2D eigenvalue weighted by atomic mass is 9.83. The van der Waals surface area contributed by atoms with Crippen LogP contribution in [-0.2, 0) is 22.4 Å². The van der Waals surface area contributed by atoms with Crippen molar-refractivity contribution in [2.45, 2.75) is 50.7 Å². The van der Waals surface area contributed by atoms with E-state index < -0.39 is 12.1 Å². The molecule has 5 aromatic rings. The van der Waals surface area contributed by atoms with Crippen molar-refractivity contribution in [3.05, 3.63) is 120 Å². The molecule has 6 rings (SSSR count). The Bertz CT molecular complexity index is 1750. The van der Waals surface area contributed by atoms with Gasteiger partial charge in [-0.1, -0.05) is 104 Å². The summed E-state index contributed by atoms with van der Waals surface area (Å²) in [4.78, 5) is 43.4. The Labute approximate surface area is 251 Å². The van der Waals surface area contributed by atoms with Crippen LogP contribution in [0, 0.1) is 5.92 Å². The van der Waals surface area contributed by atoms with Crippen molar-refractivity contribution in [3.8, 4) is 0 Å². The smallest absolute Gasteiger partial charge is 0.253 e. The van der Waals surface area contributed by atoms with E-state index in [9.17, 15) is 14.4 Å². The maximum absolute atomic E-state index is 13.8. The number of carbonyl (C=O) groups excluding carboxylic acids is 3. The highest BCUT2D eigenvalue weighted by Crippen LogP contribution is 2.26. The van der Waals surface area contributed by atoms with Crippen LogP contribution in [0.4, 0.5) is 0 Å². The quantitative estimate of drug-likeness (QED) is 0.172. The van der Waals surface area contributed by atoms with Crippen LogP contribution in [0.25, 0.3) is 21.7 Å². The van der Waals surface area contributed by atoms with Gasteiger partial charge in [0, 0.05) is 29.6 Å². The van der Waals surface area contributed by atoms with E-state index in [1.54, 1.807) is 6.20 Å². The van der Waals surface area contributed by atoms with Gasteiger partial charge in [0.05, 0.1) is 17.9 Å². The molecule has 0 radical (unpaired) electrons. The topological polar surface area (TPSA) is 103 Å². The van der Waals surface area contributed by atoms with Crippen molar-refractivity contribution in [2.75, 3.05) is 0 Å². The number of rotatable bonds is 9. The molecule has 1 saturated carbocycles. The number of para-hydroxylation sites is 1. The van der Waals surface area contributed by atoms with Crippen LogP contribution >= 0.6 is 0 Å². The molecule has 4 N–H and O–H groups in total. The van der Waals surface area contributed by atoms with Crippen LogP contribution in [0.2, 0.25) is 0 Å². The summed E-state index contributed by atoms with van der Waals surface area (Å²) in [6.45, 7) is 0. The predicted octanol–water partition coefficient (Wildman–Crippen LogP) is 5.65. The molecule has 3 atom stereocenters. The van der Waals surface area contributed by atoms with Crippen LogP contribution in [-0.4, -0.2) is 34.9 Å². The number of aromatic nitrogens is 1. The number of amides is 3. The Morgan fingerprint density at radius 2 is 1.51 bits per heavy atom. The predicted molar refractivity (Wildman–Crippen MR) is 169 cm³/mol. The van der Waals surface area contributed by atoms with Gasteiger partial charge in [-0.25, -0.2) is 0 Å². The average Bonchev–Trinajstić information content (AvgIpc) is 3.46. The van der Waals surface area contributed by atoms with E-state index in [4.69, 9.17) is 0 Å². The van der Waals surface area contributed by atoms with E-state index in [2.05, 4.69) is 45.2 Å². The first-order valence-electron chi connectivity index (χ1n) is 15.0. The van der Waals surface area contributed by atoms with Gasteiger partial charge < -0.3 is 20.9 Å². The summed E-state index contributed by atoms with van der Waals surface area (Å²) in [5, 5.41) is 12.5. The monoisotopic (exact) mass is 572 g/mol. The molecule has 0 spiro atoms. The minimum Gasteiger partial charge on any atom is -0.360 e. The Morgan fingerprint density at radius 1 is 0.767 bits per heavy atom. The van der Waals surface area contributed by atoms with E-state index in [0.29, 0.717) is 18.4 Å². The molecular formula is C36H36N4O3. The van der Waals surface area contributed by atoms with Gasteiger partial charge in [0.25, 0.3) is 5.91 Å². The second-order valence-corrected chi connectivity index (χ2v) is 11.4. The molecule has 7 nitrogen and oxygen atoms in total. The van der Waals surface area contributed by atoms with Gasteiger partial charge in [-0.2, -0.15) is 0 Å². The lowest BCUT2D eigenvalue weighted by Gasteiger charge is -2.32. The molecular weight excluding hydrogens is 536 g/mol. The summed E-state index contributed by atoms with van der Waals surface area (Å²) in [6.07, 6.45) is 5.03. The Balaban J connectivity index is 1.18. The maximum atomic E-state index is 13.8. The molecule has 1 aliphatic carbocycles. The van der Waals surface area contributed by atoms with Crippen molar-refractivity contribution in [1.82, 2.24) is 20.9 Å². The fourth-order valence-corrected chi connectivity index (χ4v) is 6.17. The number of nitrogens with one attached hydrogen (secondary N) is 4. The normalized spacial score (nSPS) is 17.3. The molecule has 43 heavy (non-hydrogen) atoms. The zero-order chi connectivity index (χ0) is 29.6. The highest BCUT2D eigenvalue weighted by Gasteiger charge is 2.34. The fraction of sp³-hybridized carbons (Fsp3) is 0.250. The summed E-state index contributed by atoms with van der Waals surface area (Å²) in [7, 11) is 0. The fourth-order valence-electron chi connectivity index (χ4n) is 6.17. The first-order valence-corrected chi connectivity index (χ1v) is 15.0. The van der Waals surface area contributed by atoms with Crippen LogP contribution in [0.1, 0.15) is 47.2 Å². The van der Waals surface area contributed by atoms with E-state index in [1.807, 2.05) is 72.8 Å². The molecule has 0 aliphatic heterocycles. The van der Waals surface area contributed by atoms with E-state index in [-0.39, 0.29) is 30.2 Å². The summed E-state index contributed by atoms with van der Waals surface area (Å²) in [6, 6.07) is 31.3. The van der Waals surface area contributed by atoms with E-state index in [0.717, 1.165) is 52.1 Å². The third-order valence-corrected chi connectivity index (χ3v) is 8.37. The molecule has 1 fully saturated rings. The van der Waals surface area contributed by atoms with E-state index >= 15 is 0 Å². The molecule has 3 amide bonds. The number of carbonyl (C=O) groups is 3. The van der Waals surface area contributed by atoms with Gasteiger partial charge in [0.2, 0.25) is 11.8 Å². The van der Waals surface area contributed by atoms with Gasteiger partial charge in [-0.05, 0) is 40.8 Å². The first-order chi connectivity index (χ1) is 21.0. The minimum absolute atomic E-state index is 0.158. The Hall–Kier alpha value is -4.91. The molecule has 0 saturated heterocycles. The zero-order valence-corrected chi connectivity index (χ0v) is 24.0. The van der Waals surface area contributed by atoms with Crippen molar-refractivity contribution >= 4 is 39.4 Å². The van der Waals surface area contributed by atoms with Crippen molar-refractivity contribution < 1.29 is 14.4 Å². The van der Waals surface area contributed by atoms with Crippen LogP contribution < -0.4 is 16.0 Å². The Kier molecular flexibility index (Phi) is 8.50. The number of benzene rings is 4. The van der Waals surface area contributed by atoms with Gasteiger partial charge in [0.1, 0.15) is 6.17 Å². The Morgan fingerprint density at radius 3 is 2.37 bits per heavy atom. The molecule has 0 unspecified atom stereocenters. The summed E-state index contributed by atoms with van der Waals surface area (Å²) >= 11 is 0. The van der Waals surface area contributed by atoms with Crippen LogP contribution in [0.5, 0.6) is 0 Å². The minimum atomic E-state index is -0.600. The number of aromatic amines is 1. The molecule has 1 heterocycles. The van der Waals surface area contributed by atoms with Crippen molar-refractivity contribution in [3.63, 3.8) is 0 Å². The largest absolute Gasteiger partial charge is 0.360 e. The van der Waals surface area contributed by atoms with Gasteiger partial charge in [-0.15, -0.1) is 0 Å². The van der Waals surface area contributed by atoms with E-state index in [1.165, 1.54) is 0 Å². The summed E-state index contributed by atoms with van der Waals surface area (Å²) < 4.78 is 0. The zero-order valence-electron chi connectivity index (χ0n) is 24.0. The highest BCUT2D eigenvalue weighted by molar-refractivity contribution is 6.07. The van der Waals surface area contributed by atoms with Gasteiger partial charge in [-0.3, -0.25) is 14.4 Å². The number of H-pyrrole nitrogens is 1. The average molecular weight is 573 g/mol. The first kappa shape index (κ1) is 28.2. The lowest BCUT2D eigenvalue weighted by molar-refractivity contribution is -0.128. The second kappa shape index (κ2) is 12.9. The van der Waals surface area contributed by atoms with Gasteiger partial charge in [0.15, 0.2) is 0 Å². The summed E-state index contributed by atoms with van der Waals surface area (Å²) in [5.41, 5.74) is 3.39. The van der Waals surface area contributed by atoms with Crippen LogP contribution in [0.3, 0.4) is 0 Å². The second-order valence-electron chi connectivity index (χ2n) is 11.4. The number of hydrogen-bond acceptors (Lipinski definition) is 3. The molecule has 4 aromatic carbocycles. The van der Waals surface area contributed by atoms with Crippen molar-refractivity contribution in [1.29, 1.82) is 0 Å². The standard InChI is InChI=1S/C36H36N4O3/c41-34(22-24-10-2-1-3-11-24)39-33(21-25-18-19-26-12-4-5-13-27(26)20-25)40-35(42)29-15-7-9-17-32(29)38-36(43)30-23-37-31-16-8-6-14-28(30)31/h1-6,8,10-14,16,18-20,23,29,32-33,37H,7,9,15,17,21-22H2,(H,38,43)(H,39,41)(H,40,42)/t29-,32+,33+/m1/s1. The lowest BCUT2D eigenvalue weighted by Crippen LogP contribution is -2.55. The molecule has 1 aromatic heterocycles. The maximum Gasteiger partial charge on any atom is 0.253 e. The highest BCUT2D eigenvalue weighted by atomic mass is 16.2.